The third-order valence-electron chi connectivity index (χ3n) is 3.06. The fraction of sp³-hybridized carbons (Fsp3) is 0.125. The van der Waals surface area contributed by atoms with E-state index >= 15 is 0 Å². The number of rotatable bonds is 5. The SMILES string of the molecule is COc1ccc(/C(=C\C(=O)C(F)(F)F)Nc2cccnc2N)cc1. The smallest absolute Gasteiger partial charge is 0.454 e. The number of hydrogen-bond acceptors (Lipinski definition) is 5. The fourth-order valence-corrected chi connectivity index (χ4v) is 1.84. The van der Waals surface area contributed by atoms with E-state index in [9.17, 15) is 18.0 Å². The molecule has 0 saturated heterocycles. The minimum Gasteiger partial charge on any atom is -0.497 e. The molecule has 1 heterocycles. The molecule has 1 aromatic carbocycles. The highest BCUT2D eigenvalue weighted by atomic mass is 19.4. The lowest BCUT2D eigenvalue weighted by atomic mass is 10.1. The van der Waals surface area contributed by atoms with Crippen LogP contribution in [0.1, 0.15) is 5.56 Å². The summed E-state index contributed by atoms with van der Waals surface area (Å²) in [6.45, 7) is 0. The largest absolute Gasteiger partial charge is 0.497 e. The van der Waals surface area contributed by atoms with E-state index in [1.165, 1.54) is 31.5 Å². The predicted molar refractivity (Wildman–Crippen MR) is 84.3 cm³/mol. The van der Waals surface area contributed by atoms with Crippen molar-refractivity contribution in [1.82, 2.24) is 4.98 Å². The molecule has 24 heavy (non-hydrogen) atoms. The molecule has 0 bridgehead atoms. The molecule has 2 aromatic rings. The average Bonchev–Trinajstić information content (AvgIpc) is 2.55. The third kappa shape index (κ3) is 4.25. The van der Waals surface area contributed by atoms with Crippen LogP contribution in [0.2, 0.25) is 0 Å². The quantitative estimate of drug-likeness (QED) is 0.819. The maximum atomic E-state index is 12.6. The van der Waals surface area contributed by atoms with Crippen LogP contribution in [-0.4, -0.2) is 24.1 Å². The van der Waals surface area contributed by atoms with Crippen molar-refractivity contribution >= 4 is 23.0 Å². The van der Waals surface area contributed by atoms with Crippen LogP contribution >= 0.6 is 0 Å². The Morgan fingerprint density at radius 1 is 1.25 bits per heavy atom. The van der Waals surface area contributed by atoms with Crippen molar-refractivity contribution in [3.63, 3.8) is 0 Å². The van der Waals surface area contributed by atoms with Crippen LogP contribution in [0.3, 0.4) is 0 Å². The molecule has 0 radical (unpaired) electrons. The summed E-state index contributed by atoms with van der Waals surface area (Å²) >= 11 is 0. The molecule has 0 saturated carbocycles. The number of ketones is 1. The summed E-state index contributed by atoms with van der Waals surface area (Å²) in [6.07, 6.45) is -3.05. The van der Waals surface area contributed by atoms with E-state index in [1.54, 1.807) is 18.2 Å². The Morgan fingerprint density at radius 2 is 1.92 bits per heavy atom. The van der Waals surface area contributed by atoms with Gasteiger partial charge in [-0.25, -0.2) is 4.98 Å². The van der Waals surface area contributed by atoms with Gasteiger partial charge in [0.1, 0.15) is 11.6 Å². The number of carbonyl (C=O) groups excluding carboxylic acids is 1. The van der Waals surface area contributed by atoms with Crippen LogP contribution in [0.5, 0.6) is 5.75 Å². The van der Waals surface area contributed by atoms with E-state index in [0.29, 0.717) is 17.4 Å². The molecule has 3 N–H and O–H groups in total. The first-order valence-electron chi connectivity index (χ1n) is 6.76. The summed E-state index contributed by atoms with van der Waals surface area (Å²) in [5.41, 5.74) is 6.27. The Labute approximate surface area is 136 Å². The fourth-order valence-electron chi connectivity index (χ4n) is 1.84. The maximum absolute atomic E-state index is 12.6. The number of alkyl halides is 3. The van der Waals surface area contributed by atoms with Gasteiger partial charge in [0.25, 0.3) is 5.78 Å². The molecule has 126 valence electrons. The summed E-state index contributed by atoms with van der Waals surface area (Å²) in [6, 6.07) is 9.28. The molecule has 0 aliphatic rings. The number of allylic oxidation sites excluding steroid dienone is 1. The normalized spacial score (nSPS) is 11.9. The van der Waals surface area contributed by atoms with Crippen molar-refractivity contribution in [2.45, 2.75) is 6.18 Å². The highest BCUT2D eigenvalue weighted by Crippen LogP contribution is 2.26. The molecule has 8 heteroatoms. The number of ether oxygens (including phenoxy) is 1. The number of aromatic nitrogens is 1. The van der Waals surface area contributed by atoms with E-state index in [0.717, 1.165) is 0 Å². The number of benzene rings is 1. The van der Waals surface area contributed by atoms with Gasteiger partial charge in [-0.15, -0.1) is 0 Å². The van der Waals surface area contributed by atoms with Crippen molar-refractivity contribution in [3.05, 3.63) is 54.2 Å². The Bertz CT molecular complexity index is 756. The number of hydrogen-bond donors (Lipinski definition) is 2. The predicted octanol–water partition coefficient (Wildman–Crippen LogP) is 3.26. The maximum Gasteiger partial charge on any atom is 0.454 e. The van der Waals surface area contributed by atoms with Crippen LogP contribution in [0, 0.1) is 0 Å². The molecular weight excluding hydrogens is 323 g/mol. The number of nitrogen functional groups attached to an aromatic ring is 1. The summed E-state index contributed by atoms with van der Waals surface area (Å²) in [4.78, 5) is 15.2. The molecule has 1 aromatic heterocycles. The van der Waals surface area contributed by atoms with Gasteiger partial charge in [0, 0.05) is 18.0 Å². The van der Waals surface area contributed by atoms with Crippen LogP contribution in [0.15, 0.2) is 48.7 Å². The number of nitrogens with zero attached hydrogens (tertiary/aromatic N) is 1. The van der Waals surface area contributed by atoms with Gasteiger partial charge in [-0.2, -0.15) is 13.2 Å². The molecule has 0 atom stereocenters. The molecule has 0 fully saturated rings. The first-order valence-corrected chi connectivity index (χ1v) is 6.76. The first kappa shape index (κ1) is 17.3. The van der Waals surface area contributed by atoms with E-state index in [-0.39, 0.29) is 17.2 Å². The van der Waals surface area contributed by atoms with Gasteiger partial charge in [-0.05, 0) is 42.0 Å². The Kier molecular flexibility index (Phi) is 5.08. The summed E-state index contributed by atoms with van der Waals surface area (Å²) in [5, 5.41) is 2.72. The number of methoxy groups -OCH3 is 1. The number of nitrogens with one attached hydrogen (secondary N) is 1. The van der Waals surface area contributed by atoms with Gasteiger partial charge in [-0.1, -0.05) is 0 Å². The van der Waals surface area contributed by atoms with Crippen LogP contribution in [0.4, 0.5) is 24.7 Å². The molecule has 0 aliphatic carbocycles. The molecule has 5 nitrogen and oxygen atoms in total. The standard InChI is InChI=1S/C16H14F3N3O2/c1-24-11-6-4-10(5-7-11)13(9-14(23)16(17,18)19)22-12-3-2-8-21-15(12)20/h2-9,22H,1H3,(H2,20,21)/b13-9+. The molecule has 2 rings (SSSR count). The zero-order valence-corrected chi connectivity index (χ0v) is 12.6. The van der Waals surface area contributed by atoms with Gasteiger partial charge in [0.15, 0.2) is 0 Å². The molecule has 0 amide bonds. The zero-order chi connectivity index (χ0) is 17.7. The molecule has 0 unspecified atom stereocenters. The van der Waals surface area contributed by atoms with Gasteiger partial charge in [0.2, 0.25) is 0 Å². The second kappa shape index (κ2) is 7.03. The van der Waals surface area contributed by atoms with Crippen molar-refractivity contribution in [1.29, 1.82) is 0 Å². The third-order valence-corrected chi connectivity index (χ3v) is 3.06. The second-order valence-electron chi connectivity index (χ2n) is 4.71. The number of carbonyl (C=O) groups is 1. The van der Waals surface area contributed by atoms with Gasteiger partial charge in [-0.3, -0.25) is 4.79 Å². The van der Waals surface area contributed by atoms with Gasteiger partial charge < -0.3 is 15.8 Å². The highest BCUT2D eigenvalue weighted by molar-refractivity contribution is 6.02. The lowest BCUT2D eigenvalue weighted by molar-refractivity contribution is -0.165. The second-order valence-corrected chi connectivity index (χ2v) is 4.71. The Balaban J connectivity index is 2.42. The van der Waals surface area contributed by atoms with Crippen LogP contribution < -0.4 is 15.8 Å². The highest BCUT2D eigenvalue weighted by Gasteiger charge is 2.37. The number of pyridine rings is 1. The minimum atomic E-state index is -4.97. The summed E-state index contributed by atoms with van der Waals surface area (Å²) in [7, 11) is 1.47. The topological polar surface area (TPSA) is 77.2 Å². The van der Waals surface area contributed by atoms with Crippen molar-refractivity contribution in [2.24, 2.45) is 0 Å². The molecule has 0 aliphatic heterocycles. The molecule has 0 spiro atoms. The van der Waals surface area contributed by atoms with Crippen molar-refractivity contribution in [3.8, 4) is 5.75 Å². The number of halogens is 3. The average molecular weight is 337 g/mol. The van der Waals surface area contributed by atoms with E-state index in [1.807, 2.05) is 0 Å². The number of nitrogens with two attached hydrogens (primary N) is 1. The summed E-state index contributed by atoms with van der Waals surface area (Å²) in [5.74, 6) is -1.36. The monoisotopic (exact) mass is 337 g/mol. The van der Waals surface area contributed by atoms with Gasteiger partial charge in [0.05, 0.1) is 12.8 Å². The Hall–Kier alpha value is -3.03. The van der Waals surface area contributed by atoms with Crippen LogP contribution in [0.25, 0.3) is 5.70 Å². The Morgan fingerprint density at radius 3 is 2.46 bits per heavy atom. The number of anilines is 2. The van der Waals surface area contributed by atoms with E-state index in [2.05, 4.69) is 10.3 Å². The van der Waals surface area contributed by atoms with Crippen molar-refractivity contribution < 1.29 is 22.7 Å². The summed E-state index contributed by atoms with van der Waals surface area (Å²) < 4.78 is 42.8. The first-order chi connectivity index (χ1) is 11.3. The molecular formula is C16H14F3N3O2. The van der Waals surface area contributed by atoms with Crippen molar-refractivity contribution in [2.75, 3.05) is 18.2 Å². The zero-order valence-electron chi connectivity index (χ0n) is 12.6. The minimum absolute atomic E-state index is 0.0559. The van der Waals surface area contributed by atoms with Gasteiger partial charge >= 0.3 is 6.18 Å². The lowest BCUT2D eigenvalue weighted by Gasteiger charge is -2.13. The van der Waals surface area contributed by atoms with E-state index in [4.69, 9.17) is 10.5 Å². The van der Waals surface area contributed by atoms with Crippen LogP contribution in [-0.2, 0) is 4.79 Å². The van der Waals surface area contributed by atoms with E-state index < -0.39 is 12.0 Å². The lowest BCUT2D eigenvalue weighted by Crippen LogP contribution is -2.21.